The first-order chi connectivity index (χ1) is 9.60. The van der Waals surface area contributed by atoms with E-state index < -0.39 is 5.97 Å². The zero-order valence-corrected chi connectivity index (χ0v) is 11.4. The molecule has 0 bridgehead atoms. The van der Waals surface area contributed by atoms with Crippen LogP contribution in [0.1, 0.15) is 23.2 Å². The molecule has 1 heterocycles. The summed E-state index contributed by atoms with van der Waals surface area (Å²) in [6, 6.07) is 6.32. The summed E-state index contributed by atoms with van der Waals surface area (Å²) in [7, 11) is 1.65. The molecule has 106 valence electrons. The first kappa shape index (κ1) is 14.2. The second-order valence-electron chi connectivity index (χ2n) is 4.65. The van der Waals surface area contributed by atoms with E-state index in [9.17, 15) is 4.79 Å². The lowest BCUT2D eigenvalue weighted by molar-refractivity contribution is 0.0697. The van der Waals surface area contributed by atoms with Crippen molar-refractivity contribution in [2.24, 2.45) is 5.92 Å². The molecule has 2 rings (SSSR count). The number of carboxylic acids is 1. The van der Waals surface area contributed by atoms with Crippen LogP contribution in [0.2, 0.25) is 0 Å². The van der Waals surface area contributed by atoms with E-state index in [0.29, 0.717) is 36.3 Å². The molecule has 0 aliphatic rings. The summed E-state index contributed by atoms with van der Waals surface area (Å²) in [4.78, 5) is 10.8. The maximum absolute atomic E-state index is 10.8. The van der Waals surface area contributed by atoms with Crippen LogP contribution in [-0.4, -0.2) is 35.0 Å². The first-order valence-electron chi connectivity index (χ1n) is 6.25. The number of hydrogen-bond acceptors (Lipinski definition) is 5. The maximum Gasteiger partial charge on any atom is 0.335 e. The molecular weight excluding hydrogens is 260 g/mol. The van der Waals surface area contributed by atoms with Gasteiger partial charge in [0.15, 0.2) is 0 Å². The van der Waals surface area contributed by atoms with Gasteiger partial charge in [-0.15, -0.1) is 10.2 Å². The quantitative estimate of drug-likeness (QED) is 0.871. The van der Waals surface area contributed by atoms with Crippen LogP contribution < -0.4 is 0 Å². The van der Waals surface area contributed by atoms with Crippen molar-refractivity contribution in [1.82, 2.24) is 10.2 Å². The normalized spacial score (nSPS) is 12.3. The highest BCUT2D eigenvalue weighted by molar-refractivity contribution is 5.88. The van der Waals surface area contributed by atoms with Crippen molar-refractivity contribution >= 4 is 5.97 Å². The summed E-state index contributed by atoms with van der Waals surface area (Å²) >= 11 is 0. The van der Waals surface area contributed by atoms with Crippen molar-refractivity contribution in [3.63, 3.8) is 0 Å². The molecule has 6 heteroatoms. The maximum atomic E-state index is 10.8. The van der Waals surface area contributed by atoms with Crippen molar-refractivity contribution in [2.45, 2.75) is 13.3 Å². The van der Waals surface area contributed by atoms with Crippen LogP contribution in [-0.2, 0) is 11.2 Å². The van der Waals surface area contributed by atoms with Crippen molar-refractivity contribution in [3.8, 4) is 11.5 Å². The van der Waals surface area contributed by atoms with E-state index >= 15 is 0 Å². The molecule has 1 unspecified atom stereocenters. The van der Waals surface area contributed by atoms with Gasteiger partial charge in [-0.3, -0.25) is 0 Å². The molecule has 0 saturated carbocycles. The van der Waals surface area contributed by atoms with Crippen LogP contribution in [0, 0.1) is 5.92 Å². The third-order valence-electron chi connectivity index (χ3n) is 2.82. The molecule has 0 radical (unpaired) electrons. The number of aromatic nitrogens is 2. The van der Waals surface area contributed by atoms with Gasteiger partial charge in [0.1, 0.15) is 0 Å². The van der Waals surface area contributed by atoms with Crippen LogP contribution in [0.3, 0.4) is 0 Å². The minimum absolute atomic E-state index is 0.224. The lowest BCUT2D eigenvalue weighted by Crippen LogP contribution is -2.07. The van der Waals surface area contributed by atoms with E-state index in [1.165, 1.54) is 12.1 Å². The Labute approximate surface area is 116 Å². The van der Waals surface area contributed by atoms with E-state index in [-0.39, 0.29) is 5.56 Å². The number of ether oxygens (including phenoxy) is 1. The Bertz CT molecular complexity index is 577. The van der Waals surface area contributed by atoms with E-state index in [1.54, 1.807) is 19.2 Å². The molecular formula is C14H16N2O4. The van der Waals surface area contributed by atoms with E-state index in [0.717, 1.165) is 0 Å². The molecule has 1 N–H and O–H groups in total. The molecule has 0 aliphatic carbocycles. The van der Waals surface area contributed by atoms with Crippen LogP contribution in [0.5, 0.6) is 0 Å². The number of rotatable bonds is 6. The fourth-order valence-electron chi connectivity index (χ4n) is 1.85. The highest BCUT2D eigenvalue weighted by Crippen LogP contribution is 2.19. The highest BCUT2D eigenvalue weighted by Gasteiger charge is 2.12. The summed E-state index contributed by atoms with van der Waals surface area (Å²) in [5.41, 5.74) is 0.926. The number of carboxylic acid groups (broad SMARTS) is 1. The monoisotopic (exact) mass is 276 g/mol. The molecule has 6 nitrogen and oxygen atoms in total. The van der Waals surface area contributed by atoms with Crippen LogP contribution in [0.25, 0.3) is 11.5 Å². The average molecular weight is 276 g/mol. The van der Waals surface area contributed by atoms with Gasteiger partial charge in [-0.1, -0.05) is 6.92 Å². The topological polar surface area (TPSA) is 85.5 Å². The van der Waals surface area contributed by atoms with Gasteiger partial charge in [0.05, 0.1) is 5.56 Å². The van der Waals surface area contributed by atoms with Gasteiger partial charge in [0, 0.05) is 25.7 Å². The molecule has 0 saturated heterocycles. The zero-order chi connectivity index (χ0) is 14.5. The Morgan fingerprint density at radius 1 is 1.35 bits per heavy atom. The van der Waals surface area contributed by atoms with Gasteiger partial charge in [0.25, 0.3) is 0 Å². The largest absolute Gasteiger partial charge is 0.478 e. The van der Waals surface area contributed by atoms with Crippen molar-refractivity contribution < 1.29 is 19.1 Å². The highest BCUT2D eigenvalue weighted by atomic mass is 16.5. The molecule has 2 aromatic rings. The molecule has 1 aromatic heterocycles. The number of benzene rings is 1. The number of hydrogen-bond donors (Lipinski definition) is 1. The molecule has 0 amide bonds. The Morgan fingerprint density at radius 2 is 2.05 bits per heavy atom. The summed E-state index contributed by atoms with van der Waals surface area (Å²) in [6.07, 6.45) is 0.647. The average Bonchev–Trinajstić information content (AvgIpc) is 2.87. The molecule has 1 atom stereocenters. The van der Waals surface area contributed by atoms with Gasteiger partial charge in [-0.2, -0.15) is 0 Å². The van der Waals surface area contributed by atoms with Gasteiger partial charge in [-0.05, 0) is 30.2 Å². The van der Waals surface area contributed by atoms with E-state index in [1.807, 2.05) is 6.92 Å². The summed E-state index contributed by atoms with van der Waals surface area (Å²) in [6.45, 7) is 2.67. The third-order valence-corrected chi connectivity index (χ3v) is 2.82. The van der Waals surface area contributed by atoms with Crippen LogP contribution >= 0.6 is 0 Å². The van der Waals surface area contributed by atoms with Gasteiger partial charge in [0.2, 0.25) is 11.8 Å². The molecule has 0 fully saturated rings. The number of aromatic carboxylic acids is 1. The van der Waals surface area contributed by atoms with Crippen LogP contribution in [0.15, 0.2) is 28.7 Å². The summed E-state index contributed by atoms with van der Waals surface area (Å²) < 4.78 is 10.6. The van der Waals surface area contributed by atoms with Crippen molar-refractivity contribution in [1.29, 1.82) is 0 Å². The standard InChI is InChI=1S/C14H16N2O4/c1-9(8-19-2)7-12-15-16-13(20-12)10-3-5-11(6-4-10)14(17)18/h3-6,9H,7-8H2,1-2H3,(H,17,18). The second kappa shape index (κ2) is 6.29. The predicted octanol–water partition coefficient (Wildman–Crippen LogP) is 2.26. The predicted molar refractivity (Wildman–Crippen MR) is 71.4 cm³/mol. The summed E-state index contributed by atoms with van der Waals surface area (Å²) in [5.74, 6) is 0.271. The smallest absolute Gasteiger partial charge is 0.335 e. The Balaban J connectivity index is 2.10. The van der Waals surface area contributed by atoms with Gasteiger partial charge >= 0.3 is 5.97 Å². The zero-order valence-electron chi connectivity index (χ0n) is 11.4. The molecule has 0 aliphatic heterocycles. The fraction of sp³-hybridized carbons (Fsp3) is 0.357. The molecule has 20 heavy (non-hydrogen) atoms. The lowest BCUT2D eigenvalue weighted by Gasteiger charge is -2.05. The number of carbonyl (C=O) groups is 1. The second-order valence-corrected chi connectivity index (χ2v) is 4.65. The van der Waals surface area contributed by atoms with Crippen LogP contribution in [0.4, 0.5) is 0 Å². The minimum atomic E-state index is -0.962. The summed E-state index contributed by atoms with van der Waals surface area (Å²) in [5, 5.41) is 16.8. The van der Waals surface area contributed by atoms with Crippen molar-refractivity contribution in [3.05, 3.63) is 35.7 Å². The van der Waals surface area contributed by atoms with E-state index in [4.69, 9.17) is 14.3 Å². The first-order valence-corrected chi connectivity index (χ1v) is 6.25. The number of nitrogens with zero attached hydrogens (tertiary/aromatic N) is 2. The third kappa shape index (κ3) is 3.42. The fourth-order valence-corrected chi connectivity index (χ4v) is 1.85. The Kier molecular flexibility index (Phi) is 4.47. The van der Waals surface area contributed by atoms with Gasteiger partial charge in [-0.25, -0.2) is 4.79 Å². The van der Waals surface area contributed by atoms with E-state index in [2.05, 4.69) is 10.2 Å². The molecule has 1 aromatic carbocycles. The SMILES string of the molecule is COCC(C)Cc1nnc(-c2ccc(C(=O)O)cc2)o1. The number of methoxy groups -OCH3 is 1. The lowest BCUT2D eigenvalue weighted by atomic mass is 10.1. The van der Waals surface area contributed by atoms with Gasteiger partial charge < -0.3 is 14.3 Å². The Morgan fingerprint density at radius 3 is 2.65 bits per heavy atom. The Hall–Kier alpha value is -2.21. The van der Waals surface area contributed by atoms with Crippen molar-refractivity contribution in [2.75, 3.05) is 13.7 Å². The molecule has 0 spiro atoms. The minimum Gasteiger partial charge on any atom is -0.478 e.